The Bertz CT molecular complexity index is 636. The number of carboxylic acid groups (broad SMARTS) is 1. The second kappa shape index (κ2) is 6.21. The van der Waals surface area contributed by atoms with Crippen molar-refractivity contribution in [3.05, 3.63) is 46.8 Å². The Hall–Kier alpha value is -2.34. The lowest BCUT2D eigenvalue weighted by Crippen LogP contribution is -2.20. The molecule has 0 fully saturated rings. The molecule has 1 aromatic carbocycles. The van der Waals surface area contributed by atoms with Crippen molar-refractivity contribution in [2.75, 3.05) is 11.9 Å². The van der Waals surface area contributed by atoms with Crippen LogP contribution in [0.4, 0.5) is 5.00 Å². The van der Waals surface area contributed by atoms with Gasteiger partial charge in [0.25, 0.3) is 5.91 Å². The zero-order valence-electron chi connectivity index (χ0n) is 10.8. The monoisotopic (exact) mass is 291 g/mol. The lowest BCUT2D eigenvalue weighted by Gasteiger charge is -2.08. The molecule has 0 aliphatic carbocycles. The molecule has 0 spiro atoms. The first kappa shape index (κ1) is 14.1. The maximum Gasteiger partial charge on any atom is 0.338 e. The average Bonchev–Trinajstić information content (AvgIpc) is 2.86. The van der Waals surface area contributed by atoms with Crippen molar-refractivity contribution >= 4 is 28.2 Å². The third-order valence-electron chi connectivity index (χ3n) is 2.60. The molecule has 104 valence electrons. The Morgan fingerprint density at radius 1 is 1.30 bits per heavy atom. The largest absolute Gasteiger partial charge is 0.483 e. The number of carboxylic acids is 1. The fraction of sp³-hybridized carbons (Fsp3) is 0.143. The lowest BCUT2D eigenvalue weighted by molar-refractivity contribution is -0.118. The highest BCUT2D eigenvalue weighted by Crippen LogP contribution is 2.23. The third kappa shape index (κ3) is 3.36. The van der Waals surface area contributed by atoms with E-state index in [4.69, 9.17) is 9.84 Å². The first-order chi connectivity index (χ1) is 9.58. The Kier molecular flexibility index (Phi) is 4.37. The summed E-state index contributed by atoms with van der Waals surface area (Å²) in [5.41, 5.74) is 1.02. The highest BCUT2D eigenvalue weighted by molar-refractivity contribution is 7.14. The minimum atomic E-state index is -1.07. The first-order valence-electron chi connectivity index (χ1n) is 5.87. The van der Waals surface area contributed by atoms with Crippen LogP contribution in [-0.2, 0) is 4.79 Å². The number of hydrogen-bond donors (Lipinski definition) is 2. The van der Waals surface area contributed by atoms with Crippen molar-refractivity contribution < 1.29 is 19.4 Å². The van der Waals surface area contributed by atoms with E-state index in [2.05, 4.69) is 5.32 Å². The van der Waals surface area contributed by atoms with E-state index in [0.717, 1.165) is 16.9 Å². The predicted molar refractivity (Wildman–Crippen MR) is 76.6 cm³/mol. The molecule has 2 N–H and O–H groups in total. The molecule has 0 bridgehead atoms. The van der Waals surface area contributed by atoms with Crippen LogP contribution in [0.1, 0.15) is 15.9 Å². The minimum Gasteiger partial charge on any atom is -0.483 e. The molecule has 0 saturated carbocycles. The van der Waals surface area contributed by atoms with Gasteiger partial charge >= 0.3 is 5.97 Å². The molecular weight excluding hydrogens is 278 g/mol. The number of anilines is 1. The number of amides is 1. The zero-order chi connectivity index (χ0) is 14.5. The van der Waals surface area contributed by atoms with Crippen molar-refractivity contribution in [1.82, 2.24) is 0 Å². The number of benzene rings is 1. The van der Waals surface area contributed by atoms with Crippen LogP contribution in [0.5, 0.6) is 5.75 Å². The second-order valence-corrected chi connectivity index (χ2v) is 4.99. The van der Waals surface area contributed by atoms with Gasteiger partial charge in [0.15, 0.2) is 6.61 Å². The van der Waals surface area contributed by atoms with Crippen molar-refractivity contribution in [3.8, 4) is 5.75 Å². The van der Waals surface area contributed by atoms with Crippen LogP contribution in [0.25, 0.3) is 0 Å². The number of thiophene rings is 1. The van der Waals surface area contributed by atoms with Gasteiger partial charge in [0.2, 0.25) is 0 Å². The minimum absolute atomic E-state index is 0.0826. The molecule has 0 unspecified atom stereocenters. The van der Waals surface area contributed by atoms with Gasteiger partial charge in [0.05, 0.1) is 5.56 Å². The summed E-state index contributed by atoms with van der Waals surface area (Å²) >= 11 is 1.16. The summed E-state index contributed by atoms with van der Waals surface area (Å²) in [5, 5.41) is 13.4. The summed E-state index contributed by atoms with van der Waals surface area (Å²) in [4.78, 5) is 22.7. The van der Waals surface area contributed by atoms with Gasteiger partial charge in [-0.15, -0.1) is 11.3 Å². The third-order valence-corrected chi connectivity index (χ3v) is 3.43. The van der Waals surface area contributed by atoms with Gasteiger partial charge < -0.3 is 15.2 Å². The first-order valence-corrected chi connectivity index (χ1v) is 6.75. The number of ether oxygens (including phenoxy) is 1. The summed E-state index contributed by atoms with van der Waals surface area (Å²) in [6, 6.07) is 8.81. The smallest absolute Gasteiger partial charge is 0.338 e. The van der Waals surface area contributed by atoms with Crippen molar-refractivity contribution in [3.63, 3.8) is 0 Å². The SMILES string of the molecule is Cc1ccccc1OCC(=O)Nc1sccc1C(=O)O. The standard InChI is InChI=1S/C14H13NO4S/c1-9-4-2-3-5-11(9)19-8-12(16)15-13-10(14(17)18)6-7-20-13/h2-7H,8H2,1H3,(H,15,16)(H,17,18). The van der Waals surface area contributed by atoms with Gasteiger partial charge in [0.1, 0.15) is 10.8 Å². The van der Waals surface area contributed by atoms with Crippen LogP contribution in [0, 0.1) is 6.92 Å². The van der Waals surface area contributed by atoms with Gasteiger partial charge in [-0.1, -0.05) is 18.2 Å². The van der Waals surface area contributed by atoms with E-state index < -0.39 is 11.9 Å². The summed E-state index contributed by atoms with van der Waals surface area (Å²) in [7, 11) is 0. The number of nitrogens with one attached hydrogen (secondary N) is 1. The highest BCUT2D eigenvalue weighted by atomic mass is 32.1. The molecule has 5 nitrogen and oxygen atoms in total. The fourth-order valence-corrected chi connectivity index (χ4v) is 2.39. The van der Waals surface area contributed by atoms with Crippen molar-refractivity contribution in [2.24, 2.45) is 0 Å². The van der Waals surface area contributed by atoms with E-state index >= 15 is 0 Å². The number of hydrogen-bond acceptors (Lipinski definition) is 4. The summed E-state index contributed by atoms with van der Waals surface area (Å²) in [6.45, 7) is 1.72. The van der Waals surface area contributed by atoms with E-state index in [9.17, 15) is 9.59 Å². The van der Waals surface area contributed by atoms with Gasteiger partial charge in [-0.25, -0.2) is 4.79 Å². The number of aromatic carboxylic acids is 1. The Labute approximate surface area is 119 Å². The molecule has 2 aromatic rings. The van der Waals surface area contributed by atoms with Crippen LogP contribution in [0.3, 0.4) is 0 Å². The van der Waals surface area contributed by atoms with E-state index in [0.29, 0.717) is 10.8 Å². The molecule has 20 heavy (non-hydrogen) atoms. The van der Waals surface area contributed by atoms with Crippen molar-refractivity contribution in [2.45, 2.75) is 6.92 Å². The van der Waals surface area contributed by atoms with Crippen LogP contribution < -0.4 is 10.1 Å². The lowest BCUT2D eigenvalue weighted by atomic mass is 10.2. The number of carbonyl (C=O) groups is 2. The molecule has 0 saturated heterocycles. The topological polar surface area (TPSA) is 75.6 Å². The highest BCUT2D eigenvalue weighted by Gasteiger charge is 2.14. The molecule has 6 heteroatoms. The maximum atomic E-state index is 11.7. The molecule has 0 radical (unpaired) electrons. The van der Waals surface area contributed by atoms with Gasteiger partial charge in [-0.3, -0.25) is 4.79 Å². The molecule has 1 amide bonds. The van der Waals surface area contributed by atoms with Crippen LogP contribution >= 0.6 is 11.3 Å². The van der Waals surface area contributed by atoms with Crippen LogP contribution in [-0.4, -0.2) is 23.6 Å². The van der Waals surface area contributed by atoms with E-state index in [1.807, 2.05) is 25.1 Å². The molecule has 0 aliphatic rings. The fourth-order valence-electron chi connectivity index (χ4n) is 1.60. The summed E-state index contributed by atoms with van der Waals surface area (Å²) < 4.78 is 5.39. The zero-order valence-corrected chi connectivity index (χ0v) is 11.6. The van der Waals surface area contributed by atoms with Gasteiger partial charge in [-0.05, 0) is 30.0 Å². The molecule has 1 aromatic heterocycles. The molecule has 0 aliphatic heterocycles. The Morgan fingerprint density at radius 2 is 2.05 bits per heavy atom. The molecule has 1 heterocycles. The van der Waals surface area contributed by atoms with E-state index in [-0.39, 0.29) is 12.2 Å². The molecule has 2 rings (SSSR count). The van der Waals surface area contributed by atoms with Gasteiger partial charge in [-0.2, -0.15) is 0 Å². The van der Waals surface area contributed by atoms with E-state index in [1.165, 1.54) is 6.07 Å². The van der Waals surface area contributed by atoms with Gasteiger partial charge in [0, 0.05) is 0 Å². The summed E-state index contributed by atoms with van der Waals surface area (Å²) in [6.07, 6.45) is 0. The number of aryl methyl sites for hydroxylation is 1. The van der Waals surface area contributed by atoms with E-state index in [1.54, 1.807) is 11.4 Å². The quantitative estimate of drug-likeness (QED) is 0.888. The normalized spacial score (nSPS) is 10.1. The predicted octanol–water partition coefficient (Wildman–Crippen LogP) is 2.77. The number of para-hydroxylation sites is 1. The number of carbonyl (C=O) groups excluding carboxylic acids is 1. The van der Waals surface area contributed by atoms with Crippen LogP contribution in [0.2, 0.25) is 0 Å². The Balaban J connectivity index is 1.95. The maximum absolute atomic E-state index is 11.7. The van der Waals surface area contributed by atoms with Crippen LogP contribution in [0.15, 0.2) is 35.7 Å². The Morgan fingerprint density at radius 3 is 2.75 bits per heavy atom. The second-order valence-electron chi connectivity index (χ2n) is 4.07. The summed E-state index contributed by atoms with van der Waals surface area (Å²) in [5.74, 6) is -0.827. The molecular formula is C14H13NO4S. The average molecular weight is 291 g/mol. The molecule has 0 atom stereocenters. The number of rotatable bonds is 5. The van der Waals surface area contributed by atoms with Crippen molar-refractivity contribution in [1.29, 1.82) is 0 Å².